The number of hydrogen-bond acceptors (Lipinski definition) is 6. The van der Waals surface area contributed by atoms with Gasteiger partial charge in [0.1, 0.15) is 5.56 Å². The molecule has 0 atom stereocenters. The number of piperazine rings is 1. The minimum absolute atomic E-state index is 0.0357. The van der Waals surface area contributed by atoms with Crippen molar-refractivity contribution in [2.24, 2.45) is 0 Å². The lowest BCUT2D eigenvalue weighted by Gasteiger charge is -2.35. The monoisotopic (exact) mass is 596 g/mol. The van der Waals surface area contributed by atoms with Crippen LogP contribution in [0.15, 0.2) is 66.7 Å². The molecule has 1 saturated heterocycles. The SMILES string of the molecule is Cc1ccc(-c2ccc(N3CCN(C(=O)c4cc5cc(Br)cc(Br)c5oc4=O)CC3)nn2)c(C)c1. The molecule has 3 heterocycles. The number of aromatic nitrogens is 2. The van der Waals surface area contributed by atoms with Crippen molar-refractivity contribution < 1.29 is 9.21 Å². The van der Waals surface area contributed by atoms with Gasteiger partial charge in [0.15, 0.2) is 11.4 Å². The largest absolute Gasteiger partial charge is 0.421 e. The van der Waals surface area contributed by atoms with Crippen LogP contribution >= 0.6 is 31.9 Å². The molecule has 0 spiro atoms. The van der Waals surface area contributed by atoms with Crippen LogP contribution in [0, 0.1) is 13.8 Å². The van der Waals surface area contributed by atoms with Gasteiger partial charge in [0.05, 0.1) is 10.2 Å². The number of aryl methyl sites for hydroxylation is 2. The summed E-state index contributed by atoms with van der Waals surface area (Å²) in [6, 6.07) is 15.4. The summed E-state index contributed by atoms with van der Waals surface area (Å²) in [7, 11) is 0. The number of carbonyl (C=O) groups is 1. The highest BCUT2D eigenvalue weighted by Crippen LogP contribution is 2.28. The lowest BCUT2D eigenvalue weighted by Crippen LogP contribution is -2.49. The van der Waals surface area contributed by atoms with E-state index in [0.717, 1.165) is 27.1 Å². The van der Waals surface area contributed by atoms with Crippen molar-refractivity contribution in [1.29, 1.82) is 0 Å². The van der Waals surface area contributed by atoms with Crippen LogP contribution in [-0.4, -0.2) is 47.2 Å². The van der Waals surface area contributed by atoms with Crippen LogP contribution in [0.5, 0.6) is 0 Å². The summed E-state index contributed by atoms with van der Waals surface area (Å²) < 4.78 is 6.92. The second-order valence-electron chi connectivity index (χ2n) is 8.63. The number of benzene rings is 2. The summed E-state index contributed by atoms with van der Waals surface area (Å²) in [6.45, 7) is 6.28. The summed E-state index contributed by atoms with van der Waals surface area (Å²) in [5.41, 5.74) is 4.10. The second-order valence-corrected chi connectivity index (χ2v) is 10.4. The van der Waals surface area contributed by atoms with Gasteiger partial charge >= 0.3 is 5.63 Å². The molecule has 0 bridgehead atoms. The van der Waals surface area contributed by atoms with Crippen LogP contribution < -0.4 is 10.5 Å². The first-order valence-corrected chi connectivity index (χ1v) is 12.8. The Balaban J connectivity index is 1.29. The standard InChI is InChI=1S/C26H22Br2N4O3/c1-15-3-4-19(16(2)11-15)22-5-6-23(30-29-22)31-7-9-32(10-8-31)25(33)20-13-17-12-18(27)14-21(28)24(17)35-26(20)34/h3-6,11-14H,7-10H2,1-2H3. The highest BCUT2D eigenvalue weighted by atomic mass is 79.9. The Morgan fingerprint density at radius 2 is 1.71 bits per heavy atom. The lowest BCUT2D eigenvalue weighted by molar-refractivity contribution is 0.0742. The number of halogens is 2. The molecule has 5 rings (SSSR count). The second kappa shape index (κ2) is 9.54. The predicted molar refractivity (Wildman–Crippen MR) is 143 cm³/mol. The first-order valence-electron chi connectivity index (χ1n) is 11.2. The molecule has 0 unspecified atom stereocenters. The molecule has 1 aliphatic rings. The first-order chi connectivity index (χ1) is 16.8. The third-order valence-electron chi connectivity index (χ3n) is 6.18. The molecule has 2 aromatic carbocycles. The predicted octanol–water partition coefficient (Wildman–Crippen LogP) is 5.35. The van der Waals surface area contributed by atoms with Gasteiger partial charge in [-0.15, -0.1) is 10.2 Å². The number of nitrogens with zero attached hydrogens (tertiary/aromatic N) is 4. The molecule has 1 aliphatic heterocycles. The Morgan fingerprint density at radius 3 is 2.40 bits per heavy atom. The molecule has 0 saturated carbocycles. The molecule has 0 aliphatic carbocycles. The average molecular weight is 598 g/mol. The van der Waals surface area contributed by atoms with Gasteiger partial charge in [0, 0.05) is 41.6 Å². The number of amides is 1. The van der Waals surface area contributed by atoms with Crippen molar-refractivity contribution in [3.63, 3.8) is 0 Å². The number of fused-ring (bicyclic) bond motifs is 1. The zero-order valence-corrected chi connectivity index (χ0v) is 22.4. The number of carbonyl (C=O) groups excluding carboxylic acids is 1. The Bertz CT molecular complexity index is 1490. The van der Waals surface area contributed by atoms with Crippen LogP contribution in [0.1, 0.15) is 21.5 Å². The van der Waals surface area contributed by atoms with E-state index in [9.17, 15) is 9.59 Å². The van der Waals surface area contributed by atoms with E-state index in [4.69, 9.17) is 4.42 Å². The van der Waals surface area contributed by atoms with Gasteiger partial charge in [-0.3, -0.25) is 4.79 Å². The maximum absolute atomic E-state index is 13.1. The molecule has 7 nitrogen and oxygen atoms in total. The molecule has 35 heavy (non-hydrogen) atoms. The maximum atomic E-state index is 13.1. The molecular formula is C26H22Br2N4O3. The average Bonchev–Trinajstić information content (AvgIpc) is 2.84. The molecule has 9 heteroatoms. The Morgan fingerprint density at radius 1 is 0.943 bits per heavy atom. The summed E-state index contributed by atoms with van der Waals surface area (Å²) in [6.07, 6.45) is 0. The van der Waals surface area contributed by atoms with Gasteiger partial charge in [-0.2, -0.15) is 0 Å². The van der Waals surface area contributed by atoms with Crippen LogP contribution in [0.4, 0.5) is 5.82 Å². The van der Waals surface area contributed by atoms with E-state index in [1.165, 1.54) is 5.56 Å². The number of anilines is 1. The van der Waals surface area contributed by atoms with Crippen LogP contribution in [0.2, 0.25) is 0 Å². The van der Waals surface area contributed by atoms with Crippen LogP contribution in [0.25, 0.3) is 22.2 Å². The van der Waals surface area contributed by atoms with Gasteiger partial charge in [-0.25, -0.2) is 4.79 Å². The van der Waals surface area contributed by atoms with E-state index in [2.05, 4.69) is 79.0 Å². The van der Waals surface area contributed by atoms with Crippen molar-refractivity contribution in [2.45, 2.75) is 13.8 Å². The summed E-state index contributed by atoms with van der Waals surface area (Å²) in [5.74, 6) is 0.443. The Labute approximate surface area is 219 Å². The van der Waals surface area contributed by atoms with E-state index in [1.54, 1.807) is 17.0 Å². The van der Waals surface area contributed by atoms with Crippen LogP contribution in [-0.2, 0) is 0 Å². The first kappa shape index (κ1) is 23.7. The fourth-order valence-corrected chi connectivity index (χ4v) is 5.69. The van der Waals surface area contributed by atoms with Gasteiger partial charge in [0.25, 0.3) is 5.91 Å². The van der Waals surface area contributed by atoms with Crippen molar-refractivity contribution in [2.75, 3.05) is 31.1 Å². The van der Waals surface area contributed by atoms with E-state index in [1.807, 2.05) is 18.2 Å². The molecular weight excluding hydrogens is 576 g/mol. The third kappa shape index (κ3) is 4.75. The van der Waals surface area contributed by atoms with Gasteiger partial charge in [0.2, 0.25) is 0 Å². The lowest BCUT2D eigenvalue weighted by atomic mass is 10.0. The van der Waals surface area contributed by atoms with Crippen molar-refractivity contribution in [3.05, 3.63) is 84.6 Å². The molecule has 0 N–H and O–H groups in total. The van der Waals surface area contributed by atoms with Crippen molar-refractivity contribution >= 4 is 54.6 Å². The molecule has 2 aromatic heterocycles. The zero-order valence-electron chi connectivity index (χ0n) is 19.2. The normalized spacial score (nSPS) is 13.9. The minimum Gasteiger partial charge on any atom is -0.421 e. The fourth-order valence-electron chi connectivity index (χ4n) is 4.35. The third-order valence-corrected chi connectivity index (χ3v) is 7.23. The highest BCUT2D eigenvalue weighted by Gasteiger charge is 2.26. The molecule has 178 valence electrons. The van der Waals surface area contributed by atoms with E-state index in [-0.39, 0.29) is 11.5 Å². The fraction of sp³-hybridized carbons (Fsp3) is 0.231. The molecule has 0 radical (unpaired) electrons. The smallest absolute Gasteiger partial charge is 0.349 e. The Kier molecular flexibility index (Phi) is 6.46. The molecule has 4 aromatic rings. The summed E-state index contributed by atoms with van der Waals surface area (Å²) in [4.78, 5) is 29.5. The van der Waals surface area contributed by atoms with Crippen molar-refractivity contribution in [1.82, 2.24) is 15.1 Å². The van der Waals surface area contributed by atoms with Crippen LogP contribution in [0.3, 0.4) is 0 Å². The summed E-state index contributed by atoms with van der Waals surface area (Å²) >= 11 is 6.83. The zero-order chi connectivity index (χ0) is 24.7. The quantitative estimate of drug-likeness (QED) is 0.296. The number of rotatable bonds is 3. The van der Waals surface area contributed by atoms with Gasteiger partial charge in [-0.1, -0.05) is 39.7 Å². The topological polar surface area (TPSA) is 79.5 Å². The molecule has 1 amide bonds. The molecule has 1 fully saturated rings. The maximum Gasteiger partial charge on any atom is 0.349 e. The summed E-state index contributed by atoms with van der Waals surface area (Å²) in [5, 5.41) is 9.54. The van der Waals surface area contributed by atoms with Gasteiger partial charge in [-0.05, 0) is 65.7 Å². The highest BCUT2D eigenvalue weighted by molar-refractivity contribution is 9.11. The van der Waals surface area contributed by atoms with Crippen molar-refractivity contribution in [3.8, 4) is 11.3 Å². The van der Waals surface area contributed by atoms with E-state index < -0.39 is 5.63 Å². The van der Waals surface area contributed by atoms with Gasteiger partial charge < -0.3 is 14.2 Å². The Hall–Kier alpha value is -3.04. The van der Waals surface area contributed by atoms with E-state index in [0.29, 0.717) is 41.6 Å². The van der Waals surface area contributed by atoms with E-state index >= 15 is 0 Å². The number of hydrogen-bond donors (Lipinski definition) is 0. The minimum atomic E-state index is -0.638.